The summed E-state index contributed by atoms with van der Waals surface area (Å²) in [6, 6.07) is 0. The highest BCUT2D eigenvalue weighted by Crippen LogP contribution is 2.26. The van der Waals surface area contributed by atoms with E-state index >= 15 is 0 Å². The number of carbonyl (C=O) groups is 1. The van der Waals surface area contributed by atoms with E-state index < -0.39 is 0 Å². The van der Waals surface area contributed by atoms with Crippen LogP contribution in [0.4, 0.5) is 0 Å². The Morgan fingerprint density at radius 1 is 1.70 bits per heavy atom. The molecule has 4 nitrogen and oxygen atoms in total. The first-order valence-corrected chi connectivity index (χ1v) is 3.46. The van der Waals surface area contributed by atoms with E-state index in [1.165, 1.54) is 6.42 Å². The minimum Gasteiger partial charge on any atom is -0.297 e. The van der Waals surface area contributed by atoms with Gasteiger partial charge in [0, 0.05) is 5.92 Å². The third kappa shape index (κ3) is 1.52. The van der Waals surface area contributed by atoms with Crippen LogP contribution in [0.2, 0.25) is 0 Å². The number of hydrogen-bond acceptors (Lipinski definition) is 3. The van der Waals surface area contributed by atoms with Crippen LogP contribution >= 0.6 is 0 Å². The normalized spacial score (nSPS) is 17.6. The molecule has 0 aromatic rings. The van der Waals surface area contributed by atoms with Crippen LogP contribution in [0.25, 0.3) is 0 Å². The second-order valence-electron chi connectivity index (χ2n) is 2.54. The van der Waals surface area contributed by atoms with Crippen molar-refractivity contribution < 1.29 is 4.79 Å². The molecule has 0 heterocycles. The van der Waals surface area contributed by atoms with E-state index in [0.29, 0.717) is 0 Å². The van der Waals surface area contributed by atoms with Gasteiger partial charge in [-0.25, -0.2) is 0 Å². The number of nitrogens with one attached hydrogen (secondary N) is 2. The maximum absolute atomic E-state index is 11.0. The van der Waals surface area contributed by atoms with Gasteiger partial charge < -0.3 is 0 Å². The molecule has 0 aliphatic heterocycles. The van der Waals surface area contributed by atoms with Crippen molar-refractivity contribution in [3.8, 4) is 0 Å². The van der Waals surface area contributed by atoms with Crippen LogP contribution in [0.1, 0.15) is 19.3 Å². The van der Waals surface area contributed by atoms with Crippen molar-refractivity contribution in [2.24, 2.45) is 11.1 Å². The van der Waals surface area contributed by atoms with Crippen LogP contribution in [0, 0.1) is 11.4 Å². The highest BCUT2D eigenvalue weighted by Gasteiger charge is 2.24. The van der Waals surface area contributed by atoms with Crippen molar-refractivity contribution in [3.63, 3.8) is 0 Å². The largest absolute Gasteiger partial charge is 0.297 e. The number of hydrogen-bond donors (Lipinski definition) is 2. The number of ketones is 1. The first-order chi connectivity index (χ1) is 4.84. The summed E-state index contributed by atoms with van der Waals surface area (Å²) in [6.07, 6.45) is 3.23. The van der Waals surface area contributed by atoms with Crippen molar-refractivity contribution in [2.75, 3.05) is 6.54 Å². The molecule has 0 aromatic carbocycles. The van der Waals surface area contributed by atoms with E-state index in [0.717, 1.165) is 12.8 Å². The lowest BCUT2D eigenvalue weighted by molar-refractivity contribution is -0.124. The number of rotatable bonds is 4. The third-order valence-corrected chi connectivity index (χ3v) is 1.89. The molecule has 1 fully saturated rings. The fraction of sp³-hybridized carbons (Fsp3) is 0.833. The predicted octanol–water partition coefficient (Wildman–Crippen LogP) is 0.891. The van der Waals surface area contributed by atoms with Crippen LogP contribution in [-0.4, -0.2) is 12.3 Å². The Morgan fingerprint density at radius 2 is 2.40 bits per heavy atom. The minimum absolute atomic E-state index is 0.197. The van der Waals surface area contributed by atoms with Gasteiger partial charge in [0.2, 0.25) is 0 Å². The molecule has 0 amide bonds. The van der Waals surface area contributed by atoms with Crippen molar-refractivity contribution in [3.05, 3.63) is 0 Å². The topological polar surface area (TPSA) is 65.3 Å². The monoisotopic (exact) mass is 141 g/mol. The molecule has 0 bridgehead atoms. The Labute approximate surface area is 59.5 Å². The smallest absolute Gasteiger partial charge is 0.156 e. The Hall–Kier alpha value is -0.930. The molecule has 4 heteroatoms. The molecular formula is C6H11N3O. The van der Waals surface area contributed by atoms with Gasteiger partial charge in [-0.15, -0.1) is 0 Å². The van der Waals surface area contributed by atoms with Crippen LogP contribution in [-0.2, 0) is 4.79 Å². The Balaban J connectivity index is 2.13. The van der Waals surface area contributed by atoms with Gasteiger partial charge in [0.05, 0.1) is 6.54 Å². The summed E-state index contributed by atoms with van der Waals surface area (Å²) in [5, 5.41) is 2.90. The van der Waals surface area contributed by atoms with Crippen LogP contribution in [0.3, 0.4) is 0 Å². The zero-order chi connectivity index (χ0) is 7.40. The Bertz CT molecular complexity index is 142. The predicted molar refractivity (Wildman–Crippen MR) is 35.5 cm³/mol. The summed E-state index contributed by atoms with van der Waals surface area (Å²) in [7, 11) is 0. The molecule has 0 radical (unpaired) electrons. The SMILES string of the molecule is N=NNCC(=O)C1CCC1. The average Bonchev–Trinajstić information content (AvgIpc) is 1.79. The van der Waals surface area contributed by atoms with Crippen molar-refractivity contribution in [1.82, 2.24) is 5.43 Å². The molecule has 1 saturated carbocycles. The highest BCUT2D eigenvalue weighted by atomic mass is 16.1. The average molecular weight is 141 g/mol. The van der Waals surface area contributed by atoms with Gasteiger partial charge >= 0.3 is 0 Å². The summed E-state index contributed by atoms with van der Waals surface area (Å²) in [4.78, 5) is 11.0. The number of Topliss-reactive ketones (excluding diaryl/α,β-unsaturated/α-hetero) is 1. The maximum atomic E-state index is 11.0. The molecule has 0 spiro atoms. The lowest BCUT2D eigenvalue weighted by Gasteiger charge is -2.23. The van der Waals surface area contributed by atoms with Gasteiger partial charge in [-0.2, -0.15) is 5.53 Å². The summed E-state index contributed by atoms with van der Waals surface area (Å²) in [5.41, 5.74) is 8.71. The number of nitrogens with zero attached hydrogens (tertiary/aromatic N) is 1. The van der Waals surface area contributed by atoms with Crippen LogP contribution in [0.15, 0.2) is 5.22 Å². The highest BCUT2D eigenvalue weighted by molar-refractivity contribution is 5.83. The van der Waals surface area contributed by atoms with E-state index in [-0.39, 0.29) is 18.2 Å². The first kappa shape index (κ1) is 7.18. The van der Waals surface area contributed by atoms with E-state index in [1.807, 2.05) is 0 Å². The van der Waals surface area contributed by atoms with Crippen molar-refractivity contribution >= 4 is 5.78 Å². The Kier molecular flexibility index (Phi) is 2.36. The van der Waals surface area contributed by atoms with E-state index in [9.17, 15) is 4.79 Å². The molecular weight excluding hydrogens is 130 g/mol. The molecule has 0 saturated heterocycles. The lowest BCUT2D eigenvalue weighted by atomic mass is 9.82. The van der Waals surface area contributed by atoms with Crippen molar-refractivity contribution in [1.29, 1.82) is 5.53 Å². The lowest BCUT2D eigenvalue weighted by Crippen LogP contribution is -2.29. The van der Waals surface area contributed by atoms with Crippen LogP contribution < -0.4 is 5.43 Å². The minimum atomic E-state index is 0.197. The van der Waals surface area contributed by atoms with Gasteiger partial charge in [-0.1, -0.05) is 11.6 Å². The molecule has 10 heavy (non-hydrogen) atoms. The van der Waals surface area contributed by atoms with Gasteiger partial charge in [-0.05, 0) is 12.8 Å². The van der Waals surface area contributed by atoms with E-state index in [1.54, 1.807) is 0 Å². The van der Waals surface area contributed by atoms with Gasteiger partial charge in [-0.3, -0.25) is 10.2 Å². The molecule has 56 valence electrons. The number of carbonyl (C=O) groups excluding carboxylic acids is 1. The van der Waals surface area contributed by atoms with Crippen molar-refractivity contribution in [2.45, 2.75) is 19.3 Å². The van der Waals surface area contributed by atoms with Gasteiger partial charge in [0.15, 0.2) is 5.78 Å². The summed E-state index contributed by atoms with van der Waals surface area (Å²) in [5.74, 6) is 0.455. The molecule has 0 unspecified atom stereocenters. The first-order valence-electron chi connectivity index (χ1n) is 3.46. The molecule has 2 N–H and O–H groups in total. The second-order valence-corrected chi connectivity index (χ2v) is 2.54. The fourth-order valence-corrected chi connectivity index (χ4v) is 0.992. The third-order valence-electron chi connectivity index (χ3n) is 1.89. The van der Waals surface area contributed by atoms with Crippen LogP contribution in [0.5, 0.6) is 0 Å². The quantitative estimate of drug-likeness (QED) is 0.451. The fourth-order valence-electron chi connectivity index (χ4n) is 0.992. The molecule has 1 aliphatic carbocycles. The molecule has 1 aliphatic rings. The van der Waals surface area contributed by atoms with Gasteiger partial charge in [0.25, 0.3) is 0 Å². The summed E-state index contributed by atoms with van der Waals surface area (Å²) >= 11 is 0. The zero-order valence-corrected chi connectivity index (χ0v) is 5.76. The second kappa shape index (κ2) is 3.29. The molecule has 1 rings (SSSR count). The summed E-state index contributed by atoms with van der Waals surface area (Å²) in [6.45, 7) is 0.230. The van der Waals surface area contributed by atoms with Gasteiger partial charge in [0.1, 0.15) is 0 Å². The standard InChI is InChI=1S/C6H11N3O/c7-9-8-4-6(10)5-2-1-3-5/h5H,1-4H2,(H2,7,8). The molecule has 0 aromatic heterocycles. The molecule has 0 atom stereocenters. The van der Waals surface area contributed by atoms with E-state index in [2.05, 4.69) is 10.6 Å². The van der Waals surface area contributed by atoms with E-state index in [4.69, 9.17) is 5.53 Å². The Morgan fingerprint density at radius 3 is 2.80 bits per heavy atom. The zero-order valence-electron chi connectivity index (χ0n) is 5.76. The maximum Gasteiger partial charge on any atom is 0.156 e. The summed E-state index contributed by atoms with van der Waals surface area (Å²) < 4.78 is 0.